The van der Waals surface area contributed by atoms with Crippen LogP contribution in [-0.4, -0.2) is 18.0 Å². The molecule has 1 aromatic carbocycles. The van der Waals surface area contributed by atoms with E-state index in [0.29, 0.717) is 12.2 Å². The van der Waals surface area contributed by atoms with Crippen LogP contribution in [-0.2, 0) is 4.79 Å². The molecular weight excluding hydrogens is 279 g/mol. The van der Waals surface area contributed by atoms with Gasteiger partial charge in [-0.2, -0.15) is 0 Å². The van der Waals surface area contributed by atoms with Crippen molar-refractivity contribution in [2.24, 2.45) is 17.8 Å². The highest BCUT2D eigenvalue weighted by Gasteiger charge is 2.50. The normalized spacial score (nSPS) is 35.6. The Morgan fingerprint density at radius 3 is 2.36 bits per heavy atom. The maximum atomic E-state index is 13.1. The second kappa shape index (κ2) is 5.34. The predicted molar refractivity (Wildman–Crippen MR) is 83.9 cm³/mol. The molecule has 4 aliphatic carbocycles. The first-order chi connectivity index (χ1) is 10.6. The van der Waals surface area contributed by atoms with E-state index in [1.54, 1.807) is 12.1 Å². The Morgan fingerprint density at radius 2 is 1.77 bits per heavy atom. The Hall–Kier alpha value is -1.42. The van der Waals surface area contributed by atoms with Crippen LogP contribution in [0.3, 0.4) is 0 Å². The molecule has 0 heterocycles. The fraction of sp³-hybridized carbons (Fsp3) is 0.611. The first-order valence-corrected chi connectivity index (χ1v) is 8.41. The van der Waals surface area contributed by atoms with Gasteiger partial charge in [0.1, 0.15) is 5.82 Å². The van der Waals surface area contributed by atoms with E-state index in [0.717, 1.165) is 17.8 Å². The minimum atomic E-state index is -0.327. The van der Waals surface area contributed by atoms with E-state index in [4.69, 9.17) is 0 Å². The molecule has 0 unspecified atom stereocenters. The van der Waals surface area contributed by atoms with Gasteiger partial charge in [0.15, 0.2) is 0 Å². The van der Waals surface area contributed by atoms with Gasteiger partial charge in [-0.1, -0.05) is 6.07 Å². The van der Waals surface area contributed by atoms with Gasteiger partial charge in [-0.25, -0.2) is 4.39 Å². The molecule has 0 saturated heterocycles. The number of hydrogen-bond acceptors (Lipinski definition) is 2. The van der Waals surface area contributed by atoms with Gasteiger partial charge in [-0.15, -0.1) is 0 Å². The molecule has 3 nitrogen and oxygen atoms in total. The van der Waals surface area contributed by atoms with E-state index >= 15 is 0 Å². The Balaban J connectivity index is 1.35. The molecule has 5 rings (SSSR count). The summed E-state index contributed by atoms with van der Waals surface area (Å²) < 4.78 is 13.1. The van der Waals surface area contributed by atoms with Crippen molar-refractivity contribution in [2.75, 3.05) is 11.9 Å². The van der Waals surface area contributed by atoms with Gasteiger partial charge in [0, 0.05) is 11.2 Å². The Morgan fingerprint density at radius 1 is 1.14 bits per heavy atom. The molecule has 2 N–H and O–H groups in total. The second-order valence-electron chi connectivity index (χ2n) is 7.61. The number of rotatable bonds is 4. The third-order valence-electron chi connectivity index (χ3n) is 5.77. The van der Waals surface area contributed by atoms with Gasteiger partial charge in [0.2, 0.25) is 5.91 Å². The molecule has 0 aromatic heterocycles. The van der Waals surface area contributed by atoms with Crippen LogP contribution < -0.4 is 10.6 Å². The second-order valence-corrected chi connectivity index (χ2v) is 7.61. The number of anilines is 1. The maximum Gasteiger partial charge on any atom is 0.238 e. The molecule has 118 valence electrons. The lowest BCUT2D eigenvalue weighted by atomic mass is 9.53. The summed E-state index contributed by atoms with van der Waals surface area (Å²) in [4.78, 5) is 12.1. The lowest BCUT2D eigenvalue weighted by molar-refractivity contribution is -0.116. The standard InChI is InChI=1S/C18H23FN2O/c19-15-2-1-3-16(7-15)21-17(22)11-20-18-8-12-4-13(9-18)6-14(5-12)10-18/h1-3,7,12-14,20H,4-6,8-11H2,(H,21,22). The van der Waals surface area contributed by atoms with Crippen molar-refractivity contribution in [1.82, 2.24) is 5.32 Å². The van der Waals surface area contributed by atoms with E-state index in [1.165, 1.54) is 50.7 Å². The van der Waals surface area contributed by atoms with Crippen LogP contribution >= 0.6 is 0 Å². The van der Waals surface area contributed by atoms with Crippen molar-refractivity contribution < 1.29 is 9.18 Å². The molecule has 4 aliphatic rings. The predicted octanol–water partition coefficient (Wildman–Crippen LogP) is 3.32. The smallest absolute Gasteiger partial charge is 0.238 e. The van der Waals surface area contributed by atoms with E-state index in [9.17, 15) is 9.18 Å². The molecule has 4 fully saturated rings. The highest BCUT2D eigenvalue weighted by atomic mass is 19.1. The summed E-state index contributed by atoms with van der Waals surface area (Å²) in [6.07, 6.45) is 7.88. The van der Waals surface area contributed by atoms with Crippen LogP contribution in [0.1, 0.15) is 38.5 Å². The molecule has 0 atom stereocenters. The van der Waals surface area contributed by atoms with Crippen molar-refractivity contribution in [3.8, 4) is 0 Å². The first-order valence-electron chi connectivity index (χ1n) is 8.41. The molecule has 4 heteroatoms. The number of benzene rings is 1. The van der Waals surface area contributed by atoms with Crippen molar-refractivity contribution >= 4 is 11.6 Å². The zero-order valence-corrected chi connectivity index (χ0v) is 12.8. The molecule has 1 amide bonds. The van der Waals surface area contributed by atoms with Crippen molar-refractivity contribution in [2.45, 2.75) is 44.1 Å². The summed E-state index contributed by atoms with van der Waals surface area (Å²) in [5.41, 5.74) is 0.714. The third-order valence-corrected chi connectivity index (χ3v) is 5.77. The zero-order valence-electron chi connectivity index (χ0n) is 12.8. The summed E-state index contributed by atoms with van der Waals surface area (Å²) in [7, 11) is 0. The van der Waals surface area contributed by atoms with Crippen LogP contribution in [0.15, 0.2) is 24.3 Å². The van der Waals surface area contributed by atoms with Gasteiger partial charge in [0.05, 0.1) is 6.54 Å². The molecular formula is C18H23FN2O. The number of carbonyl (C=O) groups excluding carboxylic acids is 1. The summed E-state index contributed by atoms with van der Waals surface area (Å²) in [6.45, 7) is 0.322. The molecule has 0 spiro atoms. The molecule has 0 radical (unpaired) electrons. The molecule has 4 saturated carbocycles. The van der Waals surface area contributed by atoms with E-state index < -0.39 is 0 Å². The van der Waals surface area contributed by atoms with Gasteiger partial charge >= 0.3 is 0 Å². The van der Waals surface area contributed by atoms with Crippen molar-refractivity contribution in [1.29, 1.82) is 0 Å². The van der Waals surface area contributed by atoms with Gasteiger partial charge in [-0.3, -0.25) is 4.79 Å². The average molecular weight is 302 g/mol. The van der Waals surface area contributed by atoms with Crippen molar-refractivity contribution in [3.05, 3.63) is 30.1 Å². The van der Waals surface area contributed by atoms with E-state index in [1.807, 2.05) is 0 Å². The number of carbonyl (C=O) groups is 1. The number of nitrogens with one attached hydrogen (secondary N) is 2. The molecule has 4 bridgehead atoms. The van der Waals surface area contributed by atoms with Crippen LogP contribution in [0.5, 0.6) is 0 Å². The van der Waals surface area contributed by atoms with Crippen LogP contribution in [0, 0.1) is 23.6 Å². The largest absolute Gasteiger partial charge is 0.325 e. The lowest BCUT2D eigenvalue weighted by Crippen LogP contribution is -2.59. The van der Waals surface area contributed by atoms with Gasteiger partial charge in [-0.05, 0) is 74.5 Å². The Bertz CT molecular complexity index is 551. The minimum Gasteiger partial charge on any atom is -0.325 e. The maximum absolute atomic E-state index is 13.1. The molecule has 0 aliphatic heterocycles. The van der Waals surface area contributed by atoms with E-state index in [-0.39, 0.29) is 17.3 Å². The fourth-order valence-corrected chi connectivity index (χ4v) is 5.37. The molecule has 22 heavy (non-hydrogen) atoms. The number of hydrogen-bond donors (Lipinski definition) is 2. The zero-order chi connectivity index (χ0) is 15.2. The fourth-order valence-electron chi connectivity index (χ4n) is 5.37. The third kappa shape index (κ3) is 2.76. The van der Waals surface area contributed by atoms with Crippen LogP contribution in [0.2, 0.25) is 0 Å². The highest BCUT2D eigenvalue weighted by Crippen LogP contribution is 2.55. The Kier molecular flexibility index (Phi) is 3.44. The lowest BCUT2D eigenvalue weighted by Gasteiger charge is -2.57. The quantitative estimate of drug-likeness (QED) is 0.896. The first kappa shape index (κ1) is 14.2. The number of halogens is 1. The summed E-state index contributed by atoms with van der Waals surface area (Å²) in [5.74, 6) is 2.19. The Labute approximate surface area is 130 Å². The SMILES string of the molecule is O=C(CNC12CC3CC(CC(C3)C1)C2)Nc1cccc(F)c1. The van der Waals surface area contributed by atoms with Crippen molar-refractivity contribution in [3.63, 3.8) is 0 Å². The van der Waals surface area contributed by atoms with Crippen LogP contribution in [0.25, 0.3) is 0 Å². The van der Waals surface area contributed by atoms with Crippen LogP contribution in [0.4, 0.5) is 10.1 Å². The monoisotopic (exact) mass is 302 g/mol. The topological polar surface area (TPSA) is 41.1 Å². The van der Waals surface area contributed by atoms with Gasteiger partial charge < -0.3 is 10.6 Å². The minimum absolute atomic E-state index is 0.0821. The molecule has 1 aromatic rings. The average Bonchev–Trinajstić information content (AvgIpc) is 2.44. The highest BCUT2D eigenvalue weighted by molar-refractivity contribution is 5.92. The van der Waals surface area contributed by atoms with E-state index in [2.05, 4.69) is 10.6 Å². The number of amides is 1. The summed E-state index contributed by atoms with van der Waals surface area (Å²) in [6, 6.07) is 6.05. The summed E-state index contributed by atoms with van der Waals surface area (Å²) in [5, 5.41) is 6.33. The summed E-state index contributed by atoms with van der Waals surface area (Å²) >= 11 is 0. The van der Waals surface area contributed by atoms with Gasteiger partial charge in [0.25, 0.3) is 0 Å².